The molecule has 0 aliphatic rings. The molecule has 0 spiro atoms. The number of nitrogens with zero attached hydrogens (tertiary/aromatic N) is 2. The van der Waals surface area contributed by atoms with E-state index in [2.05, 4.69) is 26.1 Å². The molecule has 0 aliphatic carbocycles. The number of aromatic nitrogens is 2. The first-order chi connectivity index (χ1) is 7.56. The van der Waals surface area contributed by atoms with Gasteiger partial charge in [0.25, 0.3) is 0 Å². The maximum absolute atomic E-state index is 5.86. The topological polar surface area (TPSA) is 38.9 Å². The number of benzene rings is 1. The molecule has 2 aromatic rings. The predicted molar refractivity (Wildman–Crippen MR) is 66.4 cm³/mol. The van der Waals surface area contributed by atoms with Gasteiger partial charge in [-0.1, -0.05) is 15.9 Å². The molecule has 1 atom stereocenters. The van der Waals surface area contributed by atoms with E-state index in [1.165, 1.54) is 0 Å². The zero-order valence-corrected chi connectivity index (χ0v) is 11.2. The Labute approximate surface area is 107 Å². The Balaban J connectivity index is 2.42. The maximum Gasteiger partial charge on any atom is 0.247 e. The minimum Gasteiger partial charge on any atom is -0.419 e. The fourth-order valence-electron chi connectivity index (χ4n) is 1.37. The molecule has 0 saturated heterocycles. The van der Waals surface area contributed by atoms with Gasteiger partial charge >= 0.3 is 0 Å². The molecule has 0 amide bonds. The molecular weight excluding hydrogens is 291 g/mol. The minimum absolute atomic E-state index is 0.269. The van der Waals surface area contributed by atoms with Gasteiger partial charge in [-0.3, -0.25) is 0 Å². The molecular formula is C11H10BrClN2O. The summed E-state index contributed by atoms with van der Waals surface area (Å²) in [6.45, 7) is 3.81. The SMILES string of the molecule is Cc1cc(Br)cc(-c2nnc(C(C)Cl)o2)c1. The van der Waals surface area contributed by atoms with Crippen LogP contribution in [0.3, 0.4) is 0 Å². The van der Waals surface area contributed by atoms with Crippen LogP contribution in [0, 0.1) is 6.92 Å². The van der Waals surface area contributed by atoms with Crippen molar-refractivity contribution >= 4 is 27.5 Å². The highest BCUT2D eigenvalue weighted by molar-refractivity contribution is 9.10. The van der Waals surface area contributed by atoms with E-state index in [9.17, 15) is 0 Å². The van der Waals surface area contributed by atoms with E-state index >= 15 is 0 Å². The van der Waals surface area contributed by atoms with Crippen LogP contribution in [0.2, 0.25) is 0 Å². The van der Waals surface area contributed by atoms with Crippen molar-refractivity contribution in [1.82, 2.24) is 10.2 Å². The largest absolute Gasteiger partial charge is 0.419 e. The first-order valence-electron chi connectivity index (χ1n) is 4.81. The number of halogens is 2. The molecule has 84 valence electrons. The smallest absolute Gasteiger partial charge is 0.247 e. The van der Waals surface area contributed by atoms with Crippen LogP contribution in [0.4, 0.5) is 0 Å². The molecule has 0 fully saturated rings. The highest BCUT2D eigenvalue weighted by Gasteiger charge is 2.12. The predicted octanol–water partition coefficient (Wildman–Crippen LogP) is 4.11. The van der Waals surface area contributed by atoms with E-state index in [1.807, 2.05) is 25.1 Å². The summed E-state index contributed by atoms with van der Waals surface area (Å²) in [4.78, 5) is 0. The molecule has 0 aliphatic heterocycles. The molecule has 0 N–H and O–H groups in total. The van der Waals surface area contributed by atoms with Crippen LogP contribution in [0.5, 0.6) is 0 Å². The Morgan fingerprint density at radius 2 is 2.06 bits per heavy atom. The van der Waals surface area contributed by atoms with Gasteiger partial charge < -0.3 is 4.42 Å². The van der Waals surface area contributed by atoms with Gasteiger partial charge in [0.05, 0.1) is 0 Å². The number of aryl methyl sites for hydroxylation is 1. The van der Waals surface area contributed by atoms with Crippen molar-refractivity contribution in [3.05, 3.63) is 34.1 Å². The van der Waals surface area contributed by atoms with Crippen LogP contribution in [-0.2, 0) is 0 Å². The lowest BCUT2D eigenvalue weighted by Gasteiger charge is -1.99. The molecule has 5 heteroatoms. The van der Waals surface area contributed by atoms with Crippen LogP contribution in [0.1, 0.15) is 23.8 Å². The van der Waals surface area contributed by atoms with Gasteiger partial charge in [-0.2, -0.15) is 0 Å². The first kappa shape index (κ1) is 11.6. The molecule has 0 radical (unpaired) electrons. The fourth-order valence-corrected chi connectivity index (χ4v) is 2.07. The second kappa shape index (κ2) is 4.55. The number of alkyl halides is 1. The summed E-state index contributed by atoms with van der Waals surface area (Å²) in [5.74, 6) is 0.932. The molecule has 1 heterocycles. The van der Waals surface area contributed by atoms with Gasteiger partial charge in [0.2, 0.25) is 11.8 Å². The Morgan fingerprint density at radius 3 is 2.62 bits per heavy atom. The lowest BCUT2D eigenvalue weighted by atomic mass is 10.1. The molecule has 1 aromatic heterocycles. The van der Waals surface area contributed by atoms with Crippen LogP contribution in [0.25, 0.3) is 11.5 Å². The van der Waals surface area contributed by atoms with Crippen LogP contribution in [-0.4, -0.2) is 10.2 Å². The lowest BCUT2D eigenvalue weighted by Crippen LogP contribution is -1.82. The molecule has 2 rings (SSSR count). The average molecular weight is 302 g/mol. The standard InChI is InChI=1S/C11H10BrClN2O/c1-6-3-8(5-9(12)4-6)11-15-14-10(16-11)7(2)13/h3-5,7H,1-2H3. The highest BCUT2D eigenvalue weighted by Crippen LogP contribution is 2.26. The van der Waals surface area contributed by atoms with E-state index in [-0.39, 0.29) is 5.38 Å². The van der Waals surface area contributed by atoms with E-state index < -0.39 is 0 Å². The fraction of sp³-hybridized carbons (Fsp3) is 0.273. The second-order valence-corrected chi connectivity index (χ2v) is 5.15. The van der Waals surface area contributed by atoms with Crippen molar-refractivity contribution in [2.24, 2.45) is 0 Å². The van der Waals surface area contributed by atoms with Crippen molar-refractivity contribution in [1.29, 1.82) is 0 Å². The zero-order chi connectivity index (χ0) is 11.7. The van der Waals surface area contributed by atoms with Crippen molar-refractivity contribution in [3.8, 4) is 11.5 Å². The van der Waals surface area contributed by atoms with Gasteiger partial charge in [-0.15, -0.1) is 21.8 Å². The summed E-state index contributed by atoms with van der Waals surface area (Å²) >= 11 is 9.29. The van der Waals surface area contributed by atoms with Crippen molar-refractivity contribution in [2.45, 2.75) is 19.2 Å². The molecule has 1 unspecified atom stereocenters. The van der Waals surface area contributed by atoms with Crippen LogP contribution < -0.4 is 0 Å². The van der Waals surface area contributed by atoms with Gasteiger partial charge in [0.15, 0.2) is 0 Å². The highest BCUT2D eigenvalue weighted by atomic mass is 79.9. The summed E-state index contributed by atoms with van der Waals surface area (Å²) in [5.41, 5.74) is 2.02. The molecule has 3 nitrogen and oxygen atoms in total. The van der Waals surface area contributed by atoms with Crippen molar-refractivity contribution in [2.75, 3.05) is 0 Å². The van der Waals surface area contributed by atoms with E-state index in [0.717, 1.165) is 15.6 Å². The monoisotopic (exact) mass is 300 g/mol. The van der Waals surface area contributed by atoms with Gasteiger partial charge in [0.1, 0.15) is 5.38 Å². The third-order valence-electron chi connectivity index (χ3n) is 2.07. The Hall–Kier alpha value is -0.870. The number of hydrogen-bond acceptors (Lipinski definition) is 3. The van der Waals surface area contributed by atoms with Gasteiger partial charge in [-0.25, -0.2) is 0 Å². The zero-order valence-electron chi connectivity index (χ0n) is 8.87. The van der Waals surface area contributed by atoms with Crippen molar-refractivity contribution < 1.29 is 4.42 Å². The third-order valence-corrected chi connectivity index (χ3v) is 2.71. The molecule has 1 aromatic carbocycles. The summed E-state index contributed by atoms with van der Waals surface area (Å²) in [6, 6.07) is 5.94. The van der Waals surface area contributed by atoms with Crippen LogP contribution >= 0.6 is 27.5 Å². The van der Waals surface area contributed by atoms with Gasteiger partial charge in [0, 0.05) is 10.0 Å². The van der Waals surface area contributed by atoms with E-state index in [0.29, 0.717) is 11.8 Å². The first-order valence-corrected chi connectivity index (χ1v) is 6.04. The number of rotatable bonds is 2. The molecule has 0 saturated carbocycles. The Bertz CT molecular complexity index is 490. The Kier molecular flexibility index (Phi) is 3.30. The van der Waals surface area contributed by atoms with E-state index in [4.69, 9.17) is 16.0 Å². The van der Waals surface area contributed by atoms with Crippen LogP contribution in [0.15, 0.2) is 27.1 Å². The van der Waals surface area contributed by atoms with Crippen molar-refractivity contribution in [3.63, 3.8) is 0 Å². The summed E-state index contributed by atoms with van der Waals surface area (Å²) in [6.07, 6.45) is 0. The summed E-state index contributed by atoms with van der Waals surface area (Å²) in [5, 5.41) is 7.59. The normalized spacial score (nSPS) is 12.8. The quantitative estimate of drug-likeness (QED) is 0.784. The number of hydrogen-bond donors (Lipinski definition) is 0. The van der Waals surface area contributed by atoms with Gasteiger partial charge in [-0.05, 0) is 37.6 Å². The third kappa shape index (κ3) is 2.44. The maximum atomic E-state index is 5.86. The second-order valence-electron chi connectivity index (χ2n) is 3.58. The van der Waals surface area contributed by atoms with E-state index in [1.54, 1.807) is 6.92 Å². The lowest BCUT2D eigenvalue weighted by molar-refractivity contribution is 0.507. The summed E-state index contributed by atoms with van der Waals surface area (Å²) < 4.78 is 6.45. The summed E-state index contributed by atoms with van der Waals surface area (Å²) in [7, 11) is 0. The molecule has 16 heavy (non-hydrogen) atoms. The molecule has 0 bridgehead atoms. The Morgan fingerprint density at radius 1 is 1.31 bits per heavy atom. The average Bonchev–Trinajstić information content (AvgIpc) is 2.64. The minimum atomic E-state index is -0.269.